The lowest BCUT2D eigenvalue weighted by Gasteiger charge is -2.39. The highest BCUT2D eigenvalue weighted by Gasteiger charge is 2.69. The maximum atomic E-state index is 12.3. The van der Waals surface area contributed by atoms with E-state index in [4.69, 9.17) is 13.9 Å². The molecule has 0 radical (unpaired) electrons. The molecule has 0 aliphatic heterocycles. The van der Waals surface area contributed by atoms with Gasteiger partial charge in [0.05, 0.1) is 19.1 Å². The van der Waals surface area contributed by atoms with Gasteiger partial charge in [0, 0.05) is 6.42 Å². The quantitative estimate of drug-likeness (QED) is 0.557. The molecule has 0 aromatic rings. The van der Waals surface area contributed by atoms with Gasteiger partial charge in [-0.15, -0.1) is 0 Å². The molecule has 1 fully saturated rings. The number of esters is 2. The summed E-state index contributed by atoms with van der Waals surface area (Å²) in [6.07, 6.45) is 0.358. The fourth-order valence-electron chi connectivity index (χ4n) is 2.00. The summed E-state index contributed by atoms with van der Waals surface area (Å²) < 4.78 is 16.4. The van der Waals surface area contributed by atoms with Crippen molar-refractivity contribution in [3.05, 3.63) is 0 Å². The summed E-state index contributed by atoms with van der Waals surface area (Å²) in [5.74, 6) is -1.34. The lowest BCUT2D eigenvalue weighted by molar-refractivity contribution is -0.160. The molecule has 1 saturated carbocycles. The van der Waals surface area contributed by atoms with Gasteiger partial charge in [0.25, 0.3) is 0 Å². The zero-order valence-electron chi connectivity index (χ0n) is 14.2. The molecule has 0 saturated heterocycles. The van der Waals surface area contributed by atoms with Crippen molar-refractivity contribution in [1.82, 2.24) is 0 Å². The van der Waals surface area contributed by atoms with Crippen molar-refractivity contribution in [1.29, 1.82) is 0 Å². The third kappa shape index (κ3) is 3.66. The van der Waals surface area contributed by atoms with Gasteiger partial charge < -0.3 is 13.9 Å². The van der Waals surface area contributed by atoms with Gasteiger partial charge in [-0.25, -0.2) is 4.79 Å². The SMILES string of the molecule is CCOC(=O)C1CC1(O[Si](C)(C)C(C)(C)C)C(=O)OCC. The Morgan fingerprint density at radius 2 is 1.67 bits per heavy atom. The van der Waals surface area contributed by atoms with Crippen LogP contribution in [0.5, 0.6) is 0 Å². The van der Waals surface area contributed by atoms with Crippen LogP contribution >= 0.6 is 0 Å². The number of rotatable bonds is 6. The van der Waals surface area contributed by atoms with Gasteiger partial charge in [0.15, 0.2) is 13.9 Å². The smallest absolute Gasteiger partial charge is 0.338 e. The van der Waals surface area contributed by atoms with E-state index in [0.717, 1.165) is 0 Å². The van der Waals surface area contributed by atoms with Crippen molar-refractivity contribution in [2.24, 2.45) is 5.92 Å². The van der Waals surface area contributed by atoms with Crippen LogP contribution < -0.4 is 0 Å². The van der Waals surface area contributed by atoms with Gasteiger partial charge in [-0.3, -0.25) is 4.79 Å². The molecule has 0 bridgehead atoms. The van der Waals surface area contributed by atoms with E-state index < -0.39 is 25.8 Å². The summed E-state index contributed by atoms with van der Waals surface area (Å²) in [4.78, 5) is 24.3. The summed E-state index contributed by atoms with van der Waals surface area (Å²) in [6.45, 7) is 14.5. The molecule has 5 nitrogen and oxygen atoms in total. The molecule has 0 heterocycles. The summed E-state index contributed by atoms with van der Waals surface area (Å²) in [5, 5.41) is -0.0473. The minimum absolute atomic E-state index is 0.0473. The van der Waals surface area contributed by atoms with E-state index in [-0.39, 0.29) is 17.6 Å². The highest BCUT2D eigenvalue weighted by atomic mass is 28.4. The highest BCUT2D eigenvalue weighted by Crippen LogP contribution is 2.53. The van der Waals surface area contributed by atoms with Gasteiger partial charge >= 0.3 is 11.9 Å². The fourth-order valence-corrected chi connectivity index (χ4v) is 3.53. The molecule has 122 valence electrons. The zero-order chi connectivity index (χ0) is 16.5. The number of carbonyl (C=O) groups excluding carboxylic acids is 2. The molecule has 21 heavy (non-hydrogen) atoms. The van der Waals surface area contributed by atoms with Crippen molar-refractivity contribution in [2.45, 2.75) is 64.8 Å². The molecule has 0 aromatic heterocycles. The largest absolute Gasteiger partial charge is 0.466 e. The van der Waals surface area contributed by atoms with Gasteiger partial charge in [-0.2, -0.15) is 0 Å². The Morgan fingerprint density at radius 3 is 2.10 bits per heavy atom. The summed E-state index contributed by atoms with van der Waals surface area (Å²) in [5.41, 5.74) is -1.13. The van der Waals surface area contributed by atoms with Crippen LogP contribution in [0.3, 0.4) is 0 Å². The molecular formula is C15H28O5Si. The van der Waals surface area contributed by atoms with E-state index in [1.807, 2.05) is 0 Å². The Hall–Kier alpha value is -0.883. The predicted octanol–water partition coefficient (Wildman–Crippen LogP) is 2.89. The Kier molecular flexibility index (Phi) is 5.26. The number of hydrogen-bond donors (Lipinski definition) is 0. The molecule has 1 aliphatic rings. The van der Waals surface area contributed by atoms with Crippen molar-refractivity contribution in [2.75, 3.05) is 13.2 Å². The first kappa shape index (κ1) is 18.2. The maximum absolute atomic E-state index is 12.3. The highest BCUT2D eigenvalue weighted by molar-refractivity contribution is 6.74. The molecular weight excluding hydrogens is 288 g/mol. The van der Waals surface area contributed by atoms with E-state index in [0.29, 0.717) is 13.0 Å². The minimum Gasteiger partial charge on any atom is -0.466 e. The van der Waals surface area contributed by atoms with Crippen LogP contribution in [0.4, 0.5) is 0 Å². The number of carbonyl (C=O) groups is 2. The molecule has 6 heteroatoms. The average molecular weight is 316 g/mol. The van der Waals surface area contributed by atoms with Crippen molar-refractivity contribution in [3.63, 3.8) is 0 Å². The van der Waals surface area contributed by atoms with E-state index in [2.05, 4.69) is 33.9 Å². The topological polar surface area (TPSA) is 61.8 Å². The summed E-state index contributed by atoms with van der Waals surface area (Å²) >= 11 is 0. The number of hydrogen-bond acceptors (Lipinski definition) is 5. The molecule has 2 atom stereocenters. The predicted molar refractivity (Wildman–Crippen MR) is 82.4 cm³/mol. The van der Waals surface area contributed by atoms with Gasteiger partial charge in [-0.1, -0.05) is 20.8 Å². The van der Waals surface area contributed by atoms with Crippen LogP contribution in [0.1, 0.15) is 41.0 Å². The Labute approximate surface area is 128 Å². The van der Waals surface area contributed by atoms with E-state index in [1.54, 1.807) is 13.8 Å². The van der Waals surface area contributed by atoms with Crippen molar-refractivity contribution in [3.8, 4) is 0 Å². The molecule has 2 unspecified atom stereocenters. The number of ether oxygens (including phenoxy) is 2. The van der Waals surface area contributed by atoms with E-state index in [9.17, 15) is 9.59 Å². The fraction of sp³-hybridized carbons (Fsp3) is 0.867. The third-order valence-electron chi connectivity index (χ3n) is 4.35. The van der Waals surface area contributed by atoms with Crippen LogP contribution in [-0.4, -0.2) is 39.1 Å². The van der Waals surface area contributed by atoms with Crippen LogP contribution in [0.15, 0.2) is 0 Å². The standard InChI is InChI=1S/C15H28O5Si/c1-8-18-12(16)11-10-15(11,13(17)19-9-2)20-21(6,7)14(3,4)5/h11H,8-10H2,1-7H3. The second kappa shape index (κ2) is 6.08. The Balaban J connectivity index is 2.97. The Morgan fingerprint density at radius 1 is 1.14 bits per heavy atom. The monoisotopic (exact) mass is 316 g/mol. The zero-order valence-corrected chi connectivity index (χ0v) is 15.2. The van der Waals surface area contributed by atoms with Gasteiger partial charge in [0.1, 0.15) is 0 Å². The molecule has 0 aromatic carbocycles. The first-order valence-electron chi connectivity index (χ1n) is 7.56. The van der Waals surface area contributed by atoms with Crippen LogP contribution in [-0.2, 0) is 23.5 Å². The van der Waals surface area contributed by atoms with Crippen molar-refractivity contribution >= 4 is 20.3 Å². The molecule has 0 spiro atoms. The van der Waals surface area contributed by atoms with Crippen molar-refractivity contribution < 1.29 is 23.5 Å². The van der Waals surface area contributed by atoms with Crippen LogP contribution in [0.25, 0.3) is 0 Å². The summed E-state index contributed by atoms with van der Waals surface area (Å²) in [6, 6.07) is 0. The third-order valence-corrected chi connectivity index (χ3v) is 8.83. The first-order chi connectivity index (χ1) is 9.52. The van der Waals surface area contributed by atoms with E-state index >= 15 is 0 Å². The van der Waals surface area contributed by atoms with Crippen LogP contribution in [0.2, 0.25) is 18.1 Å². The first-order valence-corrected chi connectivity index (χ1v) is 10.5. The normalized spacial score (nSPS) is 25.4. The lowest BCUT2D eigenvalue weighted by atomic mass is 10.2. The second-order valence-corrected chi connectivity index (χ2v) is 11.7. The second-order valence-electron chi connectivity index (χ2n) is 6.98. The van der Waals surface area contributed by atoms with Gasteiger partial charge in [0.2, 0.25) is 0 Å². The molecule has 1 rings (SSSR count). The van der Waals surface area contributed by atoms with E-state index in [1.165, 1.54) is 0 Å². The molecule has 0 amide bonds. The molecule has 1 aliphatic carbocycles. The van der Waals surface area contributed by atoms with Gasteiger partial charge in [-0.05, 0) is 32.0 Å². The average Bonchev–Trinajstić information content (AvgIpc) is 3.03. The van der Waals surface area contributed by atoms with Crippen LogP contribution in [0, 0.1) is 5.92 Å². The summed E-state index contributed by atoms with van der Waals surface area (Å²) in [7, 11) is -2.19. The minimum atomic E-state index is -2.19. The molecule has 0 N–H and O–H groups in total. The maximum Gasteiger partial charge on any atom is 0.338 e. The Bertz CT molecular complexity index is 413. The lowest BCUT2D eigenvalue weighted by Crippen LogP contribution is -2.49.